The van der Waals surface area contributed by atoms with Crippen LogP contribution >= 0.6 is 0 Å². The number of fused-ring (bicyclic) bond motifs is 12. The first kappa shape index (κ1) is 44.1. The van der Waals surface area contributed by atoms with Gasteiger partial charge in [0.15, 0.2) is 0 Å². The van der Waals surface area contributed by atoms with Crippen LogP contribution < -0.4 is 0 Å². The maximum Gasteiger partial charge on any atom is 0.312 e. The number of hydrogen-bond donors (Lipinski definition) is 1. The highest BCUT2D eigenvalue weighted by Gasteiger charge is 2.72. The maximum absolute atomic E-state index is 15.2. The molecule has 60 heavy (non-hydrogen) atoms. The monoisotopic (exact) mass is 825 g/mol. The fourth-order valence-electron chi connectivity index (χ4n) is 20.5. The Bertz CT molecular complexity index is 1710. The lowest BCUT2D eigenvalue weighted by Gasteiger charge is -2.72. The van der Waals surface area contributed by atoms with Gasteiger partial charge in [-0.3, -0.25) is 4.79 Å². The maximum atomic E-state index is 15.2. The number of carbonyl (C=O) groups excluding carboxylic acids is 1. The third-order valence-corrected chi connectivity index (χ3v) is 24.0. The van der Waals surface area contributed by atoms with Gasteiger partial charge in [0.1, 0.15) is 6.10 Å². The van der Waals surface area contributed by atoms with Crippen molar-refractivity contribution in [1.82, 2.24) is 0 Å². The second-order valence-corrected chi connectivity index (χ2v) is 26.8. The number of aliphatic hydroxyl groups is 1. The van der Waals surface area contributed by atoms with Crippen LogP contribution in [0.5, 0.6) is 0 Å². The zero-order valence-electron chi connectivity index (χ0n) is 40.9. The topological polar surface area (TPSA) is 46.5 Å². The summed E-state index contributed by atoms with van der Waals surface area (Å²) >= 11 is 0. The molecular weight excluding hydrogens is 733 g/mol. The molecule has 9 aliphatic carbocycles. The van der Waals surface area contributed by atoms with Crippen molar-refractivity contribution in [3.63, 3.8) is 0 Å². The van der Waals surface area contributed by atoms with Gasteiger partial charge in [0, 0.05) is 6.42 Å². The Balaban J connectivity index is 0.912. The highest BCUT2D eigenvalue weighted by molar-refractivity contribution is 5.78. The van der Waals surface area contributed by atoms with Crippen LogP contribution in [0.25, 0.3) is 0 Å². The molecule has 3 nitrogen and oxygen atoms in total. The van der Waals surface area contributed by atoms with Crippen molar-refractivity contribution in [3.05, 3.63) is 23.8 Å². The summed E-state index contributed by atoms with van der Waals surface area (Å²) in [4.78, 5) is 15.2. The summed E-state index contributed by atoms with van der Waals surface area (Å²) in [5, 5.41) is 11.2. The first-order valence-electron chi connectivity index (χ1n) is 26.4. The molecule has 3 heteroatoms. The molecule has 0 amide bonds. The first-order valence-corrected chi connectivity index (χ1v) is 26.4. The molecule has 338 valence electrons. The van der Waals surface area contributed by atoms with Crippen LogP contribution in [0.3, 0.4) is 0 Å². The average molecular weight is 825 g/mol. The van der Waals surface area contributed by atoms with E-state index < -0.39 is 0 Å². The number of aliphatic hydroxyl groups excluding tert-OH is 1. The van der Waals surface area contributed by atoms with Gasteiger partial charge in [-0.25, -0.2) is 0 Å². The van der Waals surface area contributed by atoms with Gasteiger partial charge >= 0.3 is 5.97 Å². The van der Waals surface area contributed by atoms with Crippen LogP contribution in [-0.4, -0.2) is 23.3 Å². The van der Waals surface area contributed by atoms with Crippen molar-refractivity contribution in [1.29, 1.82) is 0 Å². The second kappa shape index (κ2) is 15.0. The standard InChI is InChI=1S/C57H92O3/c1-35(2)14-13-15-37(5)42-18-19-43-41-17-16-38-34-39(22-27-52(38,8)44(41)24-28-53(42,43)9)60-50(59)57-31-23-40(36(3)4)49(57)45-20-21-47-54(10)29-26-48(58)51(6,7)46(54)25-30-56(47,12)55(45,11)32-33-57/h16,35,37,39-49,58H,3,13-15,17-34H2,1-2,4-12H3/t37-,39-,40?,41+,42-,43+,44+,45-,46?,47-,48+,49?,52+,53-,54+,55-,56-,57+/m1/s1. The molecule has 0 saturated heterocycles. The Labute approximate surface area is 369 Å². The summed E-state index contributed by atoms with van der Waals surface area (Å²) < 4.78 is 7.00. The van der Waals surface area contributed by atoms with E-state index in [1.165, 1.54) is 89.0 Å². The van der Waals surface area contributed by atoms with Crippen molar-refractivity contribution in [2.24, 2.45) is 103 Å². The van der Waals surface area contributed by atoms with Crippen molar-refractivity contribution in [3.8, 4) is 0 Å². The zero-order chi connectivity index (χ0) is 43.0. The molecule has 0 aromatic heterocycles. The van der Waals surface area contributed by atoms with Gasteiger partial charge in [-0.1, -0.05) is 112 Å². The lowest BCUT2D eigenvalue weighted by Crippen LogP contribution is -2.67. The van der Waals surface area contributed by atoms with Crippen LogP contribution in [0.1, 0.15) is 211 Å². The van der Waals surface area contributed by atoms with Gasteiger partial charge in [0.2, 0.25) is 0 Å². The molecule has 0 spiro atoms. The molecular formula is C57H92O3. The van der Waals surface area contributed by atoms with E-state index in [9.17, 15) is 5.11 Å². The number of ether oxygens (including phenoxy) is 1. The van der Waals surface area contributed by atoms with E-state index in [-0.39, 0.29) is 50.7 Å². The van der Waals surface area contributed by atoms with Crippen molar-refractivity contribution in [2.75, 3.05) is 0 Å². The molecule has 9 aliphatic rings. The molecule has 3 unspecified atom stereocenters. The predicted molar refractivity (Wildman–Crippen MR) is 248 cm³/mol. The van der Waals surface area contributed by atoms with E-state index in [0.29, 0.717) is 35.0 Å². The van der Waals surface area contributed by atoms with Gasteiger partial charge < -0.3 is 9.84 Å². The van der Waals surface area contributed by atoms with E-state index in [0.717, 1.165) is 86.9 Å². The van der Waals surface area contributed by atoms with Gasteiger partial charge in [-0.05, 0) is 214 Å². The Morgan fingerprint density at radius 1 is 0.750 bits per heavy atom. The molecule has 9 rings (SSSR count). The SMILES string of the molecule is C=C(C)C1CC[C@]2(C(=O)O[C@@H]3CC[C@@]4(C)C(=CC[C@H]5[C@@H]6CC[C@H]([C@H](C)CCCC(C)C)[C@@]6(C)CC[C@@H]54)C3)CC[C@]3(C)[C@H](CC[C@@H]4[C@@]5(C)CC[C@H](O)C(C)(C)C5CC[C@]43C)C12. The molecule has 8 saturated carbocycles. The number of hydrogen-bond acceptors (Lipinski definition) is 3. The van der Waals surface area contributed by atoms with Crippen molar-refractivity contribution >= 4 is 5.97 Å². The van der Waals surface area contributed by atoms with E-state index in [1.807, 2.05) is 0 Å². The minimum absolute atomic E-state index is 0.0252. The largest absolute Gasteiger partial charge is 0.462 e. The number of allylic oxidation sites excluding steroid dienone is 2. The Morgan fingerprint density at radius 3 is 2.22 bits per heavy atom. The third kappa shape index (κ3) is 6.16. The molecule has 0 bridgehead atoms. The summed E-state index contributed by atoms with van der Waals surface area (Å²) in [7, 11) is 0. The number of rotatable bonds is 8. The fraction of sp³-hybridized carbons (Fsp3) is 0.912. The van der Waals surface area contributed by atoms with Gasteiger partial charge in [0.05, 0.1) is 11.5 Å². The van der Waals surface area contributed by atoms with Crippen LogP contribution in [0.15, 0.2) is 23.8 Å². The van der Waals surface area contributed by atoms with E-state index in [1.54, 1.807) is 5.57 Å². The minimum atomic E-state index is -0.361. The number of esters is 1. The molecule has 0 aliphatic heterocycles. The minimum Gasteiger partial charge on any atom is -0.462 e. The molecule has 8 fully saturated rings. The Kier molecular flexibility index (Phi) is 11.0. The quantitative estimate of drug-likeness (QED) is 0.196. The van der Waals surface area contributed by atoms with E-state index >= 15 is 4.79 Å². The second-order valence-electron chi connectivity index (χ2n) is 26.8. The molecule has 18 atom stereocenters. The molecule has 0 radical (unpaired) electrons. The van der Waals surface area contributed by atoms with Crippen LogP contribution in [-0.2, 0) is 9.53 Å². The predicted octanol–water partition coefficient (Wildman–Crippen LogP) is 15.0. The van der Waals surface area contributed by atoms with Crippen LogP contribution in [0, 0.1) is 103 Å². The molecule has 0 heterocycles. The average Bonchev–Trinajstić information content (AvgIpc) is 3.76. The summed E-state index contributed by atoms with van der Waals surface area (Å²) in [6.45, 7) is 32.4. The van der Waals surface area contributed by atoms with Crippen LogP contribution in [0.2, 0.25) is 0 Å². The summed E-state index contributed by atoms with van der Waals surface area (Å²) in [6.07, 6.45) is 28.3. The lowest BCUT2D eigenvalue weighted by atomic mass is 9.32. The Morgan fingerprint density at radius 2 is 1.48 bits per heavy atom. The van der Waals surface area contributed by atoms with E-state index in [2.05, 4.69) is 88.8 Å². The van der Waals surface area contributed by atoms with Gasteiger partial charge in [-0.2, -0.15) is 0 Å². The molecule has 1 N–H and O–H groups in total. The zero-order valence-corrected chi connectivity index (χ0v) is 40.9. The van der Waals surface area contributed by atoms with E-state index in [4.69, 9.17) is 4.74 Å². The normalized spacial score (nSPS) is 52.0. The fourth-order valence-corrected chi connectivity index (χ4v) is 20.5. The first-order chi connectivity index (χ1) is 28.2. The highest BCUT2D eigenvalue weighted by atomic mass is 16.5. The van der Waals surface area contributed by atoms with Gasteiger partial charge in [-0.15, -0.1) is 0 Å². The van der Waals surface area contributed by atoms with Gasteiger partial charge in [0.25, 0.3) is 0 Å². The summed E-state index contributed by atoms with van der Waals surface area (Å²) in [5.41, 5.74) is 4.08. The third-order valence-electron chi connectivity index (χ3n) is 24.0. The Hall–Kier alpha value is -1.09. The number of carbonyl (C=O) groups is 1. The molecule has 0 aromatic carbocycles. The highest BCUT2D eigenvalue weighted by Crippen LogP contribution is 2.78. The smallest absolute Gasteiger partial charge is 0.312 e. The van der Waals surface area contributed by atoms with Crippen molar-refractivity contribution in [2.45, 2.75) is 223 Å². The molecule has 0 aromatic rings. The summed E-state index contributed by atoms with van der Waals surface area (Å²) in [6, 6.07) is 0. The van der Waals surface area contributed by atoms with Crippen LogP contribution in [0.4, 0.5) is 0 Å². The lowest BCUT2D eigenvalue weighted by molar-refractivity contribution is -0.249. The summed E-state index contributed by atoms with van der Waals surface area (Å²) in [5.74, 6) is 7.84. The van der Waals surface area contributed by atoms with Crippen molar-refractivity contribution < 1.29 is 14.6 Å².